The van der Waals surface area contributed by atoms with Crippen molar-refractivity contribution < 1.29 is 14.2 Å². The minimum atomic E-state index is -0.365. The lowest BCUT2D eigenvalue weighted by molar-refractivity contribution is -0.110. The highest BCUT2D eigenvalue weighted by Gasteiger charge is 2.35. The molecule has 3 aromatic rings. The first-order chi connectivity index (χ1) is 13.9. The number of benzene rings is 2. The Hall–Kier alpha value is -2.77. The van der Waals surface area contributed by atoms with Gasteiger partial charge in [0.1, 0.15) is 0 Å². The summed E-state index contributed by atoms with van der Waals surface area (Å²) in [4.78, 5) is 26.5. The Morgan fingerprint density at radius 1 is 1.03 bits per heavy atom. The first-order valence-corrected chi connectivity index (χ1v) is 9.71. The maximum atomic E-state index is 13.4. The molecule has 1 fully saturated rings. The molecule has 29 heavy (non-hydrogen) atoms. The molecule has 150 valence electrons. The van der Waals surface area contributed by atoms with Crippen molar-refractivity contribution >= 4 is 22.5 Å². The molecule has 0 atom stereocenters. The summed E-state index contributed by atoms with van der Waals surface area (Å²) in [7, 11) is 0. The molecule has 2 aromatic carbocycles. The molecule has 3 heterocycles. The van der Waals surface area contributed by atoms with Gasteiger partial charge in [-0.05, 0) is 35.9 Å². The number of aromatic nitrogens is 2. The van der Waals surface area contributed by atoms with Crippen molar-refractivity contribution in [2.75, 3.05) is 20.0 Å². The van der Waals surface area contributed by atoms with Crippen molar-refractivity contribution in [2.45, 2.75) is 20.0 Å². The van der Waals surface area contributed by atoms with Crippen LogP contribution in [-0.4, -0.2) is 29.1 Å². The number of rotatable bonds is 4. The van der Waals surface area contributed by atoms with Crippen molar-refractivity contribution in [1.29, 1.82) is 0 Å². The van der Waals surface area contributed by atoms with Crippen LogP contribution >= 0.6 is 11.6 Å². The maximum Gasteiger partial charge on any atom is 0.331 e. The van der Waals surface area contributed by atoms with E-state index in [4.69, 9.17) is 25.8 Å². The van der Waals surface area contributed by atoms with Gasteiger partial charge in [-0.2, -0.15) is 0 Å². The van der Waals surface area contributed by atoms with Crippen molar-refractivity contribution in [3.63, 3.8) is 0 Å². The molecule has 7 nitrogen and oxygen atoms in total. The van der Waals surface area contributed by atoms with Crippen molar-refractivity contribution in [3.8, 4) is 11.5 Å². The van der Waals surface area contributed by atoms with E-state index < -0.39 is 0 Å². The van der Waals surface area contributed by atoms with Crippen molar-refractivity contribution in [1.82, 2.24) is 9.13 Å². The number of hydrogen-bond acceptors (Lipinski definition) is 5. The third-order valence-electron chi connectivity index (χ3n) is 5.41. The van der Waals surface area contributed by atoms with Gasteiger partial charge in [0, 0.05) is 17.0 Å². The van der Waals surface area contributed by atoms with Crippen LogP contribution in [0.5, 0.6) is 11.5 Å². The molecule has 1 saturated heterocycles. The summed E-state index contributed by atoms with van der Waals surface area (Å²) >= 11 is 6.16. The van der Waals surface area contributed by atoms with E-state index in [1.54, 1.807) is 34.9 Å². The van der Waals surface area contributed by atoms with E-state index in [9.17, 15) is 9.59 Å². The monoisotopic (exact) mass is 414 g/mol. The Morgan fingerprint density at radius 3 is 2.59 bits per heavy atom. The van der Waals surface area contributed by atoms with Gasteiger partial charge in [0.2, 0.25) is 6.79 Å². The third kappa shape index (κ3) is 3.10. The normalized spacial score (nSPS) is 16.8. The number of halogens is 1. The van der Waals surface area contributed by atoms with Gasteiger partial charge >= 0.3 is 5.69 Å². The average molecular weight is 415 g/mol. The predicted octanol–water partition coefficient (Wildman–Crippen LogP) is 2.63. The van der Waals surface area contributed by atoms with Crippen LogP contribution in [-0.2, 0) is 17.8 Å². The summed E-state index contributed by atoms with van der Waals surface area (Å²) in [6.45, 7) is 3.96. The van der Waals surface area contributed by atoms with E-state index in [2.05, 4.69) is 6.92 Å². The Bertz CT molecular complexity index is 1240. The lowest BCUT2D eigenvalue weighted by atomic mass is 9.88. The van der Waals surface area contributed by atoms with Crippen LogP contribution in [0.25, 0.3) is 10.9 Å². The maximum absolute atomic E-state index is 13.4. The Balaban J connectivity index is 1.66. The molecule has 0 spiro atoms. The first-order valence-electron chi connectivity index (χ1n) is 9.33. The van der Waals surface area contributed by atoms with Crippen LogP contribution in [0.4, 0.5) is 0 Å². The topological polar surface area (TPSA) is 71.7 Å². The predicted molar refractivity (Wildman–Crippen MR) is 108 cm³/mol. The SMILES string of the molecule is CC1(Cn2c(=O)n(Cc3ccc4c(c3)OCO4)c(=O)c3ccc(Cl)cc32)COC1. The zero-order valence-corrected chi connectivity index (χ0v) is 16.6. The minimum Gasteiger partial charge on any atom is -0.454 e. The highest BCUT2D eigenvalue weighted by molar-refractivity contribution is 6.31. The van der Waals surface area contributed by atoms with E-state index in [0.717, 1.165) is 5.56 Å². The number of fused-ring (bicyclic) bond motifs is 2. The summed E-state index contributed by atoms with van der Waals surface area (Å²) in [5.74, 6) is 1.27. The number of hydrogen-bond donors (Lipinski definition) is 0. The Kier molecular flexibility index (Phi) is 4.18. The number of nitrogens with zero attached hydrogens (tertiary/aromatic N) is 2. The molecular formula is C21H19ClN2O5. The molecule has 0 N–H and O–H groups in total. The summed E-state index contributed by atoms with van der Waals surface area (Å²) in [6.07, 6.45) is 0. The van der Waals surface area contributed by atoms with Crippen LogP contribution in [0.3, 0.4) is 0 Å². The molecule has 0 unspecified atom stereocenters. The van der Waals surface area contributed by atoms with Crippen LogP contribution in [0, 0.1) is 5.41 Å². The van der Waals surface area contributed by atoms with Gasteiger partial charge < -0.3 is 14.2 Å². The molecule has 0 amide bonds. The zero-order valence-electron chi connectivity index (χ0n) is 15.8. The molecule has 0 aliphatic carbocycles. The highest BCUT2D eigenvalue weighted by Crippen LogP contribution is 2.33. The fraction of sp³-hybridized carbons (Fsp3) is 0.333. The van der Waals surface area contributed by atoms with E-state index >= 15 is 0 Å². The lowest BCUT2D eigenvalue weighted by Crippen LogP contribution is -2.48. The van der Waals surface area contributed by atoms with Gasteiger partial charge in [0.25, 0.3) is 5.56 Å². The quantitative estimate of drug-likeness (QED) is 0.656. The summed E-state index contributed by atoms with van der Waals surface area (Å²) in [5.41, 5.74) is 0.468. The smallest absolute Gasteiger partial charge is 0.331 e. The molecule has 0 radical (unpaired) electrons. The summed E-state index contributed by atoms with van der Waals surface area (Å²) < 4.78 is 19.0. The van der Waals surface area contributed by atoms with E-state index in [0.29, 0.717) is 47.2 Å². The van der Waals surface area contributed by atoms with Crippen LogP contribution < -0.4 is 20.7 Å². The minimum absolute atomic E-state index is 0.139. The van der Waals surface area contributed by atoms with Crippen molar-refractivity contribution in [3.05, 3.63) is 67.8 Å². The molecule has 2 aliphatic rings. The second kappa shape index (κ2) is 6.64. The van der Waals surface area contributed by atoms with Crippen LogP contribution in [0.2, 0.25) is 5.02 Å². The molecule has 1 aromatic heterocycles. The molecule has 5 rings (SSSR count). The van der Waals surface area contributed by atoms with Gasteiger partial charge in [0.05, 0.1) is 30.7 Å². The van der Waals surface area contributed by atoms with Crippen LogP contribution in [0.15, 0.2) is 46.0 Å². The second-order valence-corrected chi connectivity index (χ2v) is 8.35. The molecular weight excluding hydrogens is 396 g/mol. The lowest BCUT2D eigenvalue weighted by Gasteiger charge is -2.38. The summed E-state index contributed by atoms with van der Waals surface area (Å²) in [6, 6.07) is 10.4. The molecule has 0 bridgehead atoms. The van der Waals surface area contributed by atoms with Gasteiger partial charge in [-0.15, -0.1) is 0 Å². The average Bonchev–Trinajstić information content (AvgIpc) is 3.15. The first kappa shape index (κ1) is 18.3. The Labute approximate surface area is 171 Å². The van der Waals surface area contributed by atoms with Crippen molar-refractivity contribution in [2.24, 2.45) is 5.41 Å². The fourth-order valence-corrected chi connectivity index (χ4v) is 3.99. The molecule has 8 heteroatoms. The standard InChI is InChI=1S/C21H19ClN2O5/c1-21(10-27-11-21)9-24-16-7-14(22)3-4-15(16)19(25)23(20(24)26)8-13-2-5-17-18(6-13)29-12-28-17/h2-7H,8-12H2,1H3. The molecule has 2 aliphatic heterocycles. The van der Waals surface area contributed by atoms with E-state index in [1.807, 2.05) is 6.07 Å². The fourth-order valence-electron chi connectivity index (χ4n) is 3.83. The summed E-state index contributed by atoms with van der Waals surface area (Å²) in [5, 5.41) is 0.937. The van der Waals surface area contributed by atoms with Gasteiger partial charge in [-0.25, -0.2) is 4.79 Å². The highest BCUT2D eigenvalue weighted by atomic mass is 35.5. The second-order valence-electron chi connectivity index (χ2n) is 7.91. The van der Waals surface area contributed by atoms with Gasteiger partial charge in [-0.1, -0.05) is 24.6 Å². The zero-order chi connectivity index (χ0) is 20.2. The Morgan fingerprint density at radius 2 is 1.83 bits per heavy atom. The van der Waals surface area contributed by atoms with E-state index in [-0.39, 0.29) is 30.0 Å². The molecule has 0 saturated carbocycles. The van der Waals surface area contributed by atoms with Gasteiger partial charge in [-0.3, -0.25) is 13.9 Å². The van der Waals surface area contributed by atoms with Crippen LogP contribution in [0.1, 0.15) is 12.5 Å². The third-order valence-corrected chi connectivity index (χ3v) is 5.64. The number of ether oxygens (including phenoxy) is 3. The van der Waals surface area contributed by atoms with Gasteiger partial charge in [0.15, 0.2) is 11.5 Å². The largest absolute Gasteiger partial charge is 0.454 e. The van der Waals surface area contributed by atoms with E-state index in [1.165, 1.54) is 4.57 Å².